The van der Waals surface area contributed by atoms with Gasteiger partial charge in [-0.2, -0.15) is 0 Å². The highest BCUT2D eigenvalue weighted by atomic mass is 16.3. The summed E-state index contributed by atoms with van der Waals surface area (Å²) in [6.07, 6.45) is 32.1. The van der Waals surface area contributed by atoms with Gasteiger partial charge < -0.3 is 5.11 Å². The van der Waals surface area contributed by atoms with E-state index in [0.717, 1.165) is 17.6 Å². The minimum absolute atomic E-state index is 0.0465. The Morgan fingerprint density at radius 2 is 1.21 bits per heavy atom. The van der Waals surface area contributed by atoms with Crippen molar-refractivity contribution in [3.63, 3.8) is 0 Å². The van der Waals surface area contributed by atoms with E-state index in [1.54, 1.807) is 0 Å². The molecule has 0 aromatic heterocycles. The average Bonchev–Trinajstić information content (AvgIpc) is 2.88. The Bertz CT molecular complexity index is 1330. The lowest BCUT2D eigenvalue weighted by Gasteiger charge is -2.39. The second-order valence-corrected chi connectivity index (χ2v) is 13.9. The molecule has 4 unspecified atom stereocenters. The summed E-state index contributed by atoms with van der Waals surface area (Å²) in [5.41, 5.74) is 5.67. The lowest BCUT2D eigenvalue weighted by atomic mass is 9.63. The van der Waals surface area contributed by atoms with Gasteiger partial charge in [0.15, 0.2) is 5.78 Å². The third kappa shape index (κ3) is 11.4. The van der Waals surface area contributed by atoms with Crippen molar-refractivity contribution in [3.05, 3.63) is 119 Å². The number of ketones is 2. The van der Waals surface area contributed by atoms with Crippen LogP contribution in [0.25, 0.3) is 0 Å². The molecule has 0 aromatic rings. The first-order valence-corrected chi connectivity index (χ1v) is 15.5. The van der Waals surface area contributed by atoms with Crippen LogP contribution in [0.15, 0.2) is 119 Å². The summed E-state index contributed by atoms with van der Waals surface area (Å²) in [6, 6.07) is 0. The molecule has 0 saturated heterocycles. The smallest absolute Gasteiger partial charge is 0.201 e. The molecule has 4 atom stereocenters. The zero-order chi connectivity index (χ0) is 32.4. The van der Waals surface area contributed by atoms with Gasteiger partial charge in [-0.05, 0) is 57.8 Å². The quantitative estimate of drug-likeness (QED) is 0.158. The highest BCUT2D eigenvalue weighted by molar-refractivity contribution is 6.38. The van der Waals surface area contributed by atoms with Crippen LogP contribution in [-0.2, 0) is 9.59 Å². The summed E-state index contributed by atoms with van der Waals surface area (Å²) in [4.78, 5) is 24.2. The van der Waals surface area contributed by atoms with E-state index in [1.807, 2.05) is 38.2 Å². The van der Waals surface area contributed by atoms with Crippen LogP contribution in [0, 0.1) is 28.6 Å². The first-order chi connectivity index (χ1) is 20.0. The number of aliphatic hydroxyl groups is 1. The number of allylic oxidation sites excluding steroid dienone is 19. The number of carbonyl (C=O) groups is 2. The van der Waals surface area contributed by atoms with Gasteiger partial charge in [0, 0.05) is 18.3 Å². The monoisotopic (exact) mass is 582 g/mol. The maximum absolute atomic E-state index is 12.2. The van der Waals surface area contributed by atoms with Gasteiger partial charge >= 0.3 is 0 Å². The highest BCUT2D eigenvalue weighted by Crippen LogP contribution is 2.43. The van der Waals surface area contributed by atoms with Crippen molar-refractivity contribution in [2.75, 3.05) is 0 Å². The van der Waals surface area contributed by atoms with Crippen molar-refractivity contribution >= 4 is 11.6 Å². The molecule has 43 heavy (non-hydrogen) atoms. The minimum Gasteiger partial charge on any atom is -0.389 e. The second-order valence-electron chi connectivity index (χ2n) is 13.9. The fourth-order valence-corrected chi connectivity index (χ4v) is 6.14. The average molecular weight is 583 g/mol. The van der Waals surface area contributed by atoms with Crippen molar-refractivity contribution in [2.24, 2.45) is 28.6 Å². The molecule has 0 amide bonds. The van der Waals surface area contributed by atoms with Crippen LogP contribution in [0.4, 0.5) is 0 Å². The fraction of sp³-hybridized carbons (Fsp3) is 0.450. The van der Waals surface area contributed by atoms with Gasteiger partial charge in [-0.1, -0.05) is 154 Å². The molecule has 3 heteroatoms. The Hall–Kier alpha value is -3.30. The molecule has 2 rings (SSSR count). The molecule has 1 fully saturated rings. The first-order valence-electron chi connectivity index (χ1n) is 15.5. The third-order valence-corrected chi connectivity index (χ3v) is 8.65. The summed E-state index contributed by atoms with van der Waals surface area (Å²) >= 11 is 0. The Kier molecular flexibility index (Phi) is 13.3. The van der Waals surface area contributed by atoms with Crippen molar-refractivity contribution in [3.8, 4) is 0 Å². The van der Waals surface area contributed by atoms with E-state index in [2.05, 4.69) is 122 Å². The Morgan fingerprint density at radius 3 is 1.72 bits per heavy atom. The number of aliphatic hydroxyl groups excluding tert-OH is 1. The van der Waals surface area contributed by atoms with Gasteiger partial charge in [0.25, 0.3) is 0 Å². The van der Waals surface area contributed by atoms with Gasteiger partial charge in [0.2, 0.25) is 5.78 Å². The molecular formula is C40H54O3. The third-order valence-electron chi connectivity index (χ3n) is 8.65. The molecule has 1 saturated carbocycles. The van der Waals surface area contributed by atoms with E-state index in [-0.39, 0.29) is 40.3 Å². The van der Waals surface area contributed by atoms with E-state index >= 15 is 0 Å². The van der Waals surface area contributed by atoms with Crippen LogP contribution in [-0.4, -0.2) is 22.8 Å². The zero-order valence-corrected chi connectivity index (χ0v) is 28.1. The molecular weight excluding hydrogens is 528 g/mol. The highest BCUT2D eigenvalue weighted by Gasteiger charge is 2.44. The van der Waals surface area contributed by atoms with E-state index in [0.29, 0.717) is 12.3 Å². The molecule has 0 radical (unpaired) electrons. The van der Waals surface area contributed by atoms with Crippen LogP contribution in [0.5, 0.6) is 0 Å². The largest absolute Gasteiger partial charge is 0.389 e. The molecule has 0 aromatic carbocycles. The number of carbonyl (C=O) groups excluding carboxylic acids is 2. The molecule has 0 bridgehead atoms. The number of rotatable bonds is 10. The number of hydrogen-bond donors (Lipinski definition) is 1. The summed E-state index contributed by atoms with van der Waals surface area (Å²) in [5, 5.41) is 10.1. The predicted octanol–water partition coefficient (Wildman–Crippen LogP) is 9.73. The van der Waals surface area contributed by atoms with Crippen molar-refractivity contribution < 1.29 is 14.7 Å². The summed E-state index contributed by atoms with van der Waals surface area (Å²) in [6.45, 7) is 20.9. The topological polar surface area (TPSA) is 54.4 Å². The van der Waals surface area contributed by atoms with Crippen molar-refractivity contribution in [1.29, 1.82) is 0 Å². The SMILES string of the molecule is CC1=CC(O)CC(C)(C)C1C=C/C(C)=C/C=C/C(C)=C/C=C/C=C(C)/C=C/C=C(C)/C=C/C1C(C)C(=O)C(=O)CC1(C)C. The standard InChI is InChI=1S/C40H54O3/c1-28(17-13-19-30(3)21-23-35-32(5)25-34(41)26-39(35,7)8)15-11-12-16-29(2)18-14-20-31(4)22-24-36-33(6)38(43)37(42)27-40(36,9)10/h11-25,33-36,41H,26-27H2,1-10H3/b12-11+,17-13+,18-14+,23-21?,24-22+,28-15+,29-16+,30-19+,31-20+. The normalized spacial score (nSPS) is 27.9. The van der Waals surface area contributed by atoms with Gasteiger partial charge in [-0.15, -0.1) is 0 Å². The Balaban J connectivity index is 1.90. The maximum atomic E-state index is 12.2. The Morgan fingerprint density at radius 1 is 0.744 bits per heavy atom. The van der Waals surface area contributed by atoms with E-state index in [1.165, 1.54) is 16.7 Å². The second kappa shape index (κ2) is 16.0. The molecule has 0 heterocycles. The molecule has 0 spiro atoms. The molecule has 2 aliphatic rings. The van der Waals surface area contributed by atoms with Crippen molar-refractivity contribution in [1.82, 2.24) is 0 Å². The summed E-state index contributed by atoms with van der Waals surface area (Å²) < 4.78 is 0. The Labute approximate surface area is 261 Å². The number of hydrogen-bond acceptors (Lipinski definition) is 3. The summed E-state index contributed by atoms with van der Waals surface area (Å²) in [5.74, 6) is -0.365. The van der Waals surface area contributed by atoms with Gasteiger partial charge in [-0.3, -0.25) is 9.59 Å². The first kappa shape index (κ1) is 35.9. The van der Waals surface area contributed by atoms with Crippen LogP contribution < -0.4 is 0 Å². The molecule has 232 valence electrons. The minimum atomic E-state index is -0.340. The molecule has 1 N–H and O–H groups in total. The number of Topliss-reactive ketones (excluding diaryl/α,β-unsaturated/α-hetero) is 2. The van der Waals surface area contributed by atoms with E-state index < -0.39 is 0 Å². The van der Waals surface area contributed by atoms with Crippen LogP contribution in [0.2, 0.25) is 0 Å². The van der Waals surface area contributed by atoms with Crippen LogP contribution >= 0.6 is 0 Å². The van der Waals surface area contributed by atoms with E-state index in [4.69, 9.17) is 0 Å². The van der Waals surface area contributed by atoms with E-state index in [9.17, 15) is 14.7 Å². The van der Waals surface area contributed by atoms with Crippen LogP contribution in [0.3, 0.4) is 0 Å². The lowest BCUT2D eigenvalue weighted by Crippen LogP contribution is -2.43. The molecule has 3 nitrogen and oxygen atoms in total. The zero-order valence-electron chi connectivity index (χ0n) is 28.1. The fourth-order valence-electron chi connectivity index (χ4n) is 6.14. The molecule has 2 aliphatic carbocycles. The van der Waals surface area contributed by atoms with Gasteiger partial charge in [-0.25, -0.2) is 0 Å². The van der Waals surface area contributed by atoms with Gasteiger partial charge in [0.05, 0.1) is 6.10 Å². The van der Waals surface area contributed by atoms with Gasteiger partial charge in [0.1, 0.15) is 0 Å². The van der Waals surface area contributed by atoms with Crippen molar-refractivity contribution in [2.45, 2.75) is 88.2 Å². The maximum Gasteiger partial charge on any atom is 0.201 e. The summed E-state index contributed by atoms with van der Waals surface area (Å²) in [7, 11) is 0. The van der Waals surface area contributed by atoms with Crippen LogP contribution in [0.1, 0.15) is 82.1 Å². The molecule has 0 aliphatic heterocycles. The predicted molar refractivity (Wildman–Crippen MR) is 183 cm³/mol. The lowest BCUT2D eigenvalue weighted by molar-refractivity contribution is -0.145.